The highest BCUT2D eigenvalue weighted by Crippen LogP contribution is 2.24. The lowest BCUT2D eigenvalue weighted by molar-refractivity contribution is -0.170. The minimum absolute atomic E-state index is 0.186. The maximum Gasteiger partial charge on any atom is 0.336 e. The summed E-state index contributed by atoms with van der Waals surface area (Å²) >= 11 is 0. The second-order valence-electron chi connectivity index (χ2n) is 11.0. The van der Waals surface area contributed by atoms with Crippen LogP contribution in [0.15, 0.2) is 42.9 Å². The highest BCUT2D eigenvalue weighted by atomic mass is 16.5. The summed E-state index contributed by atoms with van der Waals surface area (Å²) in [5.41, 5.74) is 2.29. The second kappa shape index (κ2) is 15.2. The number of anilines is 2. The van der Waals surface area contributed by atoms with Crippen molar-refractivity contribution in [2.45, 2.75) is 64.3 Å². The van der Waals surface area contributed by atoms with E-state index in [2.05, 4.69) is 45.5 Å². The van der Waals surface area contributed by atoms with Gasteiger partial charge in [-0.25, -0.2) is 14.8 Å². The fraction of sp³-hybridized carbons (Fsp3) is 0.433. The van der Waals surface area contributed by atoms with Crippen LogP contribution >= 0.6 is 0 Å². The molecule has 0 spiro atoms. The summed E-state index contributed by atoms with van der Waals surface area (Å²) in [7, 11) is 1.86. The number of benzene rings is 1. The van der Waals surface area contributed by atoms with Crippen LogP contribution in [0.4, 0.5) is 11.6 Å². The standard InChI is InChI=1S/C24H30N6O2.C6H8O7/c1-16(2)32-21-14-30(15-21)23(31)8-7-18-5-6-19(11-17(18)3)22-9-10-25-24(28-22)27-20-12-26-29(4)13-20;7-3(8)1-6(13,5(11)12)2-4(9)10/h5-6,9-13,16,21H,7-8,14-15H2,1-4H3,(H,25,27,28);13H,1-2H2,(H,7,8)(H,9,10)(H,11,12). The number of ether oxygens (including phenoxy) is 1. The molecule has 45 heavy (non-hydrogen) atoms. The average molecular weight is 627 g/mol. The van der Waals surface area contributed by atoms with Gasteiger partial charge in [0.25, 0.3) is 0 Å². The third-order valence-electron chi connectivity index (χ3n) is 6.81. The molecule has 1 aliphatic heterocycles. The molecule has 0 saturated carbocycles. The number of aliphatic hydroxyl groups is 1. The second-order valence-corrected chi connectivity index (χ2v) is 11.0. The van der Waals surface area contributed by atoms with Crippen LogP contribution in [0, 0.1) is 6.92 Å². The number of likely N-dealkylation sites (tertiary alicyclic amines) is 1. The highest BCUT2D eigenvalue weighted by molar-refractivity contribution is 5.88. The van der Waals surface area contributed by atoms with Gasteiger partial charge in [0.1, 0.15) is 0 Å². The zero-order valence-corrected chi connectivity index (χ0v) is 25.5. The first-order valence-electron chi connectivity index (χ1n) is 14.2. The summed E-state index contributed by atoms with van der Waals surface area (Å²) in [5, 5.41) is 41.1. The van der Waals surface area contributed by atoms with E-state index in [1.807, 2.05) is 38.1 Å². The Bertz CT molecular complexity index is 1500. The molecule has 4 rings (SSSR count). The molecular weight excluding hydrogens is 588 g/mol. The summed E-state index contributed by atoms with van der Waals surface area (Å²) in [5.74, 6) is -4.30. The van der Waals surface area contributed by atoms with Crippen molar-refractivity contribution < 1.29 is 44.3 Å². The zero-order valence-electron chi connectivity index (χ0n) is 25.5. The molecule has 242 valence electrons. The first-order valence-corrected chi connectivity index (χ1v) is 14.2. The zero-order chi connectivity index (χ0) is 33.3. The van der Waals surface area contributed by atoms with Gasteiger partial charge >= 0.3 is 17.9 Å². The Labute approximate surface area is 259 Å². The Morgan fingerprint density at radius 2 is 1.76 bits per heavy atom. The Morgan fingerprint density at radius 3 is 2.29 bits per heavy atom. The van der Waals surface area contributed by atoms with E-state index in [0.717, 1.165) is 28.9 Å². The molecule has 0 unspecified atom stereocenters. The van der Waals surface area contributed by atoms with E-state index >= 15 is 0 Å². The molecule has 0 atom stereocenters. The van der Waals surface area contributed by atoms with E-state index in [0.29, 0.717) is 25.5 Å². The number of rotatable bonds is 13. The van der Waals surface area contributed by atoms with E-state index in [9.17, 15) is 19.2 Å². The normalized spacial score (nSPS) is 13.1. The minimum atomic E-state index is -2.74. The van der Waals surface area contributed by atoms with Crippen molar-refractivity contribution in [3.05, 3.63) is 54.0 Å². The van der Waals surface area contributed by atoms with Crippen LogP contribution in [0.25, 0.3) is 11.3 Å². The van der Waals surface area contributed by atoms with Gasteiger partial charge in [0.15, 0.2) is 5.60 Å². The molecule has 1 saturated heterocycles. The van der Waals surface area contributed by atoms with Crippen LogP contribution in [-0.2, 0) is 37.4 Å². The number of carboxylic acid groups (broad SMARTS) is 3. The van der Waals surface area contributed by atoms with Gasteiger partial charge in [0.05, 0.1) is 42.6 Å². The summed E-state index contributed by atoms with van der Waals surface area (Å²) in [6.07, 6.45) is 4.69. The van der Waals surface area contributed by atoms with Crippen molar-refractivity contribution in [2.75, 3.05) is 18.4 Å². The molecule has 3 heterocycles. The van der Waals surface area contributed by atoms with E-state index in [4.69, 9.17) is 25.2 Å². The largest absolute Gasteiger partial charge is 0.481 e. The molecule has 1 amide bonds. The monoisotopic (exact) mass is 626 g/mol. The molecular formula is C30H38N6O9. The van der Waals surface area contributed by atoms with Crippen molar-refractivity contribution >= 4 is 35.5 Å². The molecule has 2 aromatic heterocycles. The van der Waals surface area contributed by atoms with Crippen LogP contribution in [0.3, 0.4) is 0 Å². The number of amides is 1. The molecule has 3 aromatic rings. The summed E-state index contributed by atoms with van der Waals surface area (Å²) in [4.78, 5) is 53.8. The SMILES string of the molecule is Cc1cc(-c2ccnc(Nc3cnn(C)c3)n2)ccc1CCC(=O)N1CC(OC(C)C)C1.O=C(O)CC(O)(CC(=O)O)C(=O)O. The molecule has 15 heteroatoms. The lowest BCUT2D eigenvalue weighted by Gasteiger charge is -2.40. The fourth-order valence-corrected chi connectivity index (χ4v) is 4.56. The molecule has 5 N–H and O–H groups in total. The van der Waals surface area contributed by atoms with E-state index < -0.39 is 36.4 Å². The first-order chi connectivity index (χ1) is 21.1. The Morgan fingerprint density at radius 1 is 1.09 bits per heavy atom. The topological polar surface area (TPSA) is 217 Å². The fourth-order valence-electron chi connectivity index (χ4n) is 4.56. The molecule has 0 radical (unpaired) electrons. The van der Waals surface area contributed by atoms with Gasteiger partial charge in [0, 0.05) is 44.5 Å². The number of hydrogen-bond donors (Lipinski definition) is 5. The van der Waals surface area contributed by atoms with Crippen molar-refractivity contribution in [1.29, 1.82) is 0 Å². The van der Waals surface area contributed by atoms with E-state index in [1.54, 1.807) is 17.1 Å². The Hall–Kier alpha value is -4.89. The van der Waals surface area contributed by atoms with Crippen molar-refractivity contribution in [3.63, 3.8) is 0 Å². The van der Waals surface area contributed by atoms with Crippen molar-refractivity contribution in [3.8, 4) is 11.3 Å². The highest BCUT2D eigenvalue weighted by Gasteiger charge is 2.40. The maximum absolute atomic E-state index is 12.5. The number of nitrogens with one attached hydrogen (secondary N) is 1. The van der Waals surface area contributed by atoms with Crippen molar-refractivity contribution in [1.82, 2.24) is 24.6 Å². The van der Waals surface area contributed by atoms with Gasteiger partial charge in [-0.2, -0.15) is 5.10 Å². The van der Waals surface area contributed by atoms with Crippen LogP contribution in [0.5, 0.6) is 0 Å². The van der Waals surface area contributed by atoms with Crippen LogP contribution in [0.2, 0.25) is 0 Å². The number of aryl methyl sites for hydroxylation is 3. The number of carboxylic acids is 3. The third-order valence-corrected chi connectivity index (χ3v) is 6.81. The lowest BCUT2D eigenvalue weighted by atomic mass is 9.96. The number of aliphatic carboxylic acids is 3. The van der Waals surface area contributed by atoms with Gasteiger partial charge in [-0.3, -0.25) is 19.1 Å². The molecule has 15 nitrogen and oxygen atoms in total. The van der Waals surface area contributed by atoms with Gasteiger partial charge in [-0.1, -0.05) is 12.1 Å². The lowest BCUT2D eigenvalue weighted by Crippen LogP contribution is -2.55. The maximum atomic E-state index is 12.5. The predicted octanol–water partition coefficient (Wildman–Crippen LogP) is 2.25. The van der Waals surface area contributed by atoms with Crippen LogP contribution in [0.1, 0.15) is 44.2 Å². The smallest absolute Gasteiger partial charge is 0.336 e. The van der Waals surface area contributed by atoms with E-state index in [-0.39, 0.29) is 18.1 Å². The van der Waals surface area contributed by atoms with Crippen molar-refractivity contribution in [2.24, 2.45) is 7.05 Å². The number of carbonyl (C=O) groups excluding carboxylic acids is 1. The predicted molar refractivity (Wildman–Crippen MR) is 161 cm³/mol. The first kappa shape index (κ1) is 34.6. The van der Waals surface area contributed by atoms with Gasteiger partial charge < -0.3 is 35.4 Å². The molecule has 1 aromatic carbocycles. The average Bonchev–Trinajstić information content (AvgIpc) is 3.33. The summed E-state index contributed by atoms with van der Waals surface area (Å²) in [6, 6.07) is 8.16. The molecule has 1 fully saturated rings. The number of aromatic nitrogens is 4. The number of carbonyl (C=O) groups is 4. The molecule has 0 bridgehead atoms. The van der Waals surface area contributed by atoms with Gasteiger partial charge in [0.2, 0.25) is 11.9 Å². The Balaban J connectivity index is 0.000000360. The van der Waals surface area contributed by atoms with Crippen LogP contribution < -0.4 is 5.32 Å². The van der Waals surface area contributed by atoms with Gasteiger partial charge in [-0.05, 0) is 50.5 Å². The summed E-state index contributed by atoms with van der Waals surface area (Å²) in [6.45, 7) is 7.54. The third kappa shape index (κ3) is 10.4. The molecule has 1 aliphatic rings. The number of nitrogens with zero attached hydrogens (tertiary/aromatic N) is 5. The van der Waals surface area contributed by atoms with Gasteiger partial charge in [-0.15, -0.1) is 0 Å². The summed E-state index contributed by atoms with van der Waals surface area (Å²) < 4.78 is 7.45. The number of hydrogen-bond acceptors (Lipinski definition) is 10. The Kier molecular flexibility index (Phi) is 11.7. The molecule has 0 aliphatic carbocycles. The van der Waals surface area contributed by atoms with E-state index in [1.165, 1.54) is 5.56 Å². The van der Waals surface area contributed by atoms with Crippen LogP contribution in [-0.4, -0.2) is 99.8 Å². The minimum Gasteiger partial charge on any atom is -0.481 e. The quantitative estimate of drug-likeness (QED) is 0.184.